The minimum atomic E-state index is 0.404. The molecule has 0 N–H and O–H groups in total. The summed E-state index contributed by atoms with van der Waals surface area (Å²) in [6.07, 6.45) is 1.92. The van der Waals surface area contributed by atoms with Gasteiger partial charge in [-0.05, 0) is 29.7 Å². The second-order valence-corrected chi connectivity index (χ2v) is 5.20. The first-order chi connectivity index (χ1) is 10.3. The van der Waals surface area contributed by atoms with Gasteiger partial charge in [-0.25, -0.2) is 0 Å². The lowest BCUT2D eigenvalue weighted by molar-refractivity contribution is 0.306. The molecule has 0 aliphatic heterocycles. The molecule has 0 radical (unpaired) electrons. The van der Waals surface area contributed by atoms with E-state index in [2.05, 4.69) is 50.0 Å². The van der Waals surface area contributed by atoms with Crippen molar-refractivity contribution in [2.24, 2.45) is 5.92 Å². The predicted octanol–water partition coefficient (Wildman–Crippen LogP) is 4.86. The zero-order chi connectivity index (χ0) is 14.9. The largest absolute Gasteiger partial charge is 0.489 e. The second kappa shape index (κ2) is 8.17. The molecule has 108 valence electrons. The van der Waals surface area contributed by atoms with E-state index in [1.807, 2.05) is 30.3 Å². The van der Waals surface area contributed by atoms with E-state index >= 15 is 0 Å². The van der Waals surface area contributed by atoms with Crippen LogP contribution < -0.4 is 4.74 Å². The van der Waals surface area contributed by atoms with Gasteiger partial charge in [0.05, 0.1) is 0 Å². The van der Waals surface area contributed by atoms with E-state index in [4.69, 9.17) is 4.74 Å². The Morgan fingerprint density at radius 2 is 1.67 bits per heavy atom. The van der Waals surface area contributed by atoms with Crippen molar-refractivity contribution in [1.82, 2.24) is 0 Å². The minimum absolute atomic E-state index is 0.404. The van der Waals surface area contributed by atoms with Crippen LogP contribution >= 0.6 is 0 Å². The summed E-state index contributed by atoms with van der Waals surface area (Å²) in [5.74, 6) is 7.72. The Labute approximate surface area is 128 Å². The van der Waals surface area contributed by atoms with Crippen LogP contribution in [0.5, 0.6) is 5.75 Å². The number of hydrogen-bond donors (Lipinski definition) is 0. The molecular weight excluding hydrogens is 256 g/mol. The van der Waals surface area contributed by atoms with Crippen LogP contribution in [0.1, 0.15) is 31.4 Å². The van der Waals surface area contributed by atoms with E-state index in [9.17, 15) is 0 Å². The van der Waals surface area contributed by atoms with Crippen LogP contribution in [0.25, 0.3) is 0 Å². The predicted molar refractivity (Wildman–Crippen MR) is 88.2 cm³/mol. The van der Waals surface area contributed by atoms with Crippen molar-refractivity contribution in [3.05, 3.63) is 65.7 Å². The molecule has 2 aromatic carbocycles. The average molecular weight is 278 g/mol. The Hall–Kier alpha value is -2.20. The first kappa shape index (κ1) is 15.2. The van der Waals surface area contributed by atoms with Gasteiger partial charge in [-0.3, -0.25) is 0 Å². The molecule has 1 unspecified atom stereocenters. The summed E-state index contributed by atoms with van der Waals surface area (Å²) in [7, 11) is 0. The van der Waals surface area contributed by atoms with Gasteiger partial charge >= 0.3 is 0 Å². The fraction of sp³-hybridized carbons (Fsp3) is 0.300. The van der Waals surface area contributed by atoms with Crippen molar-refractivity contribution >= 4 is 0 Å². The van der Waals surface area contributed by atoms with Gasteiger partial charge in [0.15, 0.2) is 0 Å². The normalized spacial score (nSPS) is 11.3. The molecule has 2 aromatic rings. The lowest BCUT2D eigenvalue weighted by atomic mass is 10.0. The van der Waals surface area contributed by atoms with Gasteiger partial charge in [0.1, 0.15) is 12.4 Å². The Balaban J connectivity index is 1.87. The van der Waals surface area contributed by atoms with E-state index in [0.29, 0.717) is 12.5 Å². The van der Waals surface area contributed by atoms with Crippen LogP contribution in [-0.4, -0.2) is 0 Å². The van der Waals surface area contributed by atoms with E-state index in [-0.39, 0.29) is 0 Å². The monoisotopic (exact) mass is 278 g/mol. The van der Waals surface area contributed by atoms with E-state index in [1.54, 1.807) is 0 Å². The maximum Gasteiger partial charge on any atom is 0.119 e. The molecule has 21 heavy (non-hydrogen) atoms. The van der Waals surface area contributed by atoms with Crippen LogP contribution in [0.4, 0.5) is 0 Å². The summed E-state index contributed by atoms with van der Waals surface area (Å²) in [6, 6.07) is 18.6. The number of rotatable bonds is 5. The molecule has 0 amide bonds. The van der Waals surface area contributed by atoms with Gasteiger partial charge in [-0.1, -0.05) is 62.2 Å². The molecule has 1 heteroatoms. The molecule has 0 fully saturated rings. The van der Waals surface area contributed by atoms with Gasteiger partial charge in [-0.2, -0.15) is 0 Å². The molecule has 0 spiro atoms. The van der Waals surface area contributed by atoms with Crippen molar-refractivity contribution in [2.45, 2.75) is 33.3 Å². The van der Waals surface area contributed by atoms with Crippen molar-refractivity contribution in [3.8, 4) is 17.6 Å². The summed E-state index contributed by atoms with van der Waals surface area (Å²) in [5, 5.41) is 0. The topological polar surface area (TPSA) is 9.23 Å². The molecule has 0 aromatic heterocycles. The fourth-order valence-electron chi connectivity index (χ4n) is 2.14. The van der Waals surface area contributed by atoms with Gasteiger partial charge in [0, 0.05) is 12.3 Å². The molecule has 0 saturated heterocycles. The maximum atomic E-state index is 5.79. The Morgan fingerprint density at radius 3 is 2.33 bits per heavy atom. The Bertz CT molecular complexity index is 587. The highest BCUT2D eigenvalue weighted by atomic mass is 16.5. The number of benzene rings is 2. The maximum absolute atomic E-state index is 5.79. The highest BCUT2D eigenvalue weighted by Gasteiger charge is 2.01. The van der Waals surface area contributed by atoms with Crippen molar-refractivity contribution < 1.29 is 4.74 Å². The first-order valence-corrected chi connectivity index (χ1v) is 7.52. The molecule has 0 saturated carbocycles. The third-order valence-corrected chi connectivity index (χ3v) is 3.24. The Kier molecular flexibility index (Phi) is 5.91. The fourth-order valence-corrected chi connectivity index (χ4v) is 2.14. The summed E-state index contributed by atoms with van der Waals surface area (Å²) in [4.78, 5) is 0. The molecule has 2 rings (SSSR count). The average Bonchev–Trinajstić information content (AvgIpc) is 2.53. The molecule has 0 aliphatic rings. The van der Waals surface area contributed by atoms with Crippen LogP contribution in [0.3, 0.4) is 0 Å². The third kappa shape index (κ3) is 5.36. The van der Waals surface area contributed by atoms with Crippen molar-refractivity contribution in [3.63, 3.8) is 0 Å². The smallest absolute Gasteiger partial charge is 0.119 e. The van der Waals surface area contributed by atoms with Crippen LogP contribution in [-0.2, 0) is 13.0 Å². The lowest BCUT2D eigenvalue weighted by Crippen LogP contribution is -1.98. The van der Waals surface area contributed by atoms with Crippen LogP contribution in [0.15, 0.2) is 54.6 Å². The van der Waals surface area contributed by atoms with Gasteiger partial charge in [0.25, 0.3) is 0 Å². The van der Waals surface area contributed by atoms with Crippen molar-refractivity contribution in [1.29, 1.82) is 0 Å². The standard InChI is InChI=1S/C20H22O/c1-3-4-8-17(2)15-18-11-13-20(14-12-18)21-16-19-9-6-5-7-10-19/h5-7,9-14,17H,3,15-16H2,1-2H3. The number of hydrogen-bond acceptors (Lipinski definition) is 1. The zero-order valence-electron chi connectivity index (χ0n) is 12.8. The quantitative estimate of drug-likeness (QED) is 0.710. The van der Waals surface area contributed by atoms with Crippen LogP contribution in [0.2, 0.25) is 0 Å². The van der Waals surface area contributed by atoms with Gasteiger partial charge < -0.3 is 4.74 Å². The molecule has 1 atom stereocenters. The van der Waals surface area contributed by atoms with Gasteiger partial charge in [0.2, 0.25) is 0 Å². The van der Waals surface area contributed by atoms with E-state index < -0.39 is 0 Å². The van der Waals surface area contributed by atoms with E-state index in [0.717, 1.165) is 18.6 Å². The van der Waals surface area contributed by atoms with E-state index in [1.165, 1.54) is 11.1 Å². The highest BCUT2D eigenvalue weighted by Crippen LogP contribution is 2.16. The number of ether oxygens (including phenoxy) is 1. The SMILES string of the molecule is CCC#CC(C)Cc1ccc(OCc2ccccc2)cc1. The Morgan fingerprint density at radius 1 is 0.952 bits per heavy atom. The molecule has 0 aliphatic carbocycles. The zero-order valence-corrected chi connectivity index (χ0v) is 12.8. The van der Waals surface area contributed by atoms with Crippen molar-refractivity contribution in [2.75, 3.05) is 0 Å². The second-order valence-electron chi connectivity index (χ2n) is 5.20. The van der Waals surface area contributed by atoms with Gasteiger partial charge in [-0.15, -0.1) is 5.92 Å². The summed E-state index contributed by atoms with van der Waals surface area (Å²) >= 11 is 0. The molecule has 0 heterocycles. The molecule has 1 nitrogen and oxygen atoms in total. The molecule has 0 bridgehead atoms. The lowest BCUT2D eigenvalue weighted by Gasteiger charge is -2.08. The third-order valence-electron chi connectivity index (χ3n) is 3.24. The van der Waals surface area contributed by atoms with Crippen LogP contribution in [0, 0.1) is 17.8 Å². The highest BCUT2D eigenvalue weighted by molar-refractivity contribution is 5.28. The first-order valence-electron chi connectivity index (χ1n) is 7.52. The summed E-state index contributed by atoms with van der Waals surface area (Å²) in [6.45, 7) is 4.86. The molecular formula is C20H22O. The minimum Gasteiger partial charge on any atom is -0.489 e. The summed E-state index contributed by atoms with van der Waals surface area (Å²) in [5.41, 5.74) is 2.49. The summed E-state index contributed by atoms with van der Waals surface area (Å²) < 4.78 is 5.79.